The van der Waals surface area contributed by atoms with Gasteiger partial charge in [0.15, 0.2) is 0 Å². The Balaban J connectivity index is 4.11. The van der Waals surface area contributed by atoms with Crippen LogP contribution in [0.4, 0.5) is 0 Å². The minimum atomic E-state index is -0.548. The molecule has 0 aliphatic heterocycles. The Kier molecular flexibility index (Phi) is 5.72. The maximum absolute atomic E-state index is 11.6. The largest absolute Gasteiger partial charge is 0.354 e. The van der Waals surface area contributed by atoms with E-state index < -0.39 is 6.04 Å². The lowest BCUT2D eigenvalue weighted by molar-refractivity contribution is -0.127. The molecule has 0 heterocycles. The van der Waals surface area contributed by atoms with Crippen LogP contribution >= 0.6 is 12.6 Å². The highest BCUT2D eigenvalue weighted by Crippen LogP contribution is 2.10. The summed E-state index contributed by atoms with van der Waals surface area (Å²) in [4.78, 5) is 22.4. The van der Waals surface area contributed by atoms with E-state index in [-0.39, 0.29) is 17.2 Å². The lowest BCUT2D eigenvalue weighted by atomic mass is 9.97. The van der Waals surface area contributed by atoms with Gasteiger partial charge in [0, 0.05) is 19.2 Å². The van der Waals surface area contributed by atoms with Crippen molar-refractivity contribution >= 4 is 24.4 Å². The van der Waals surface area contributed by atoms with Crippen molar-refractivity contribution in [1.29, 1.82) is 0 Å². The summed E-state index contributed by atoms with van der Waals surface area (Å²) in [6.07, 6.45) is 0. The standard InChI is InChI=1S/C10H20N2O2S/c1-7(13)12-8(5-15)9(14)11-6-10(2,3)4/h8,15H,5-6H2,1-4H3,(H,11,14)(H,12,13). The number of rotatable bonds is 4. The molecule has 4 nitrogen and oxygen atoms in total. The smallest absolute Gasteiger partial charge is 0.243 e. The van der Waals surface area contributed by atoms with E-state index in [1.54, 1.807) is 0 Å². The van der Waals surface area contributed by atoms with Gasteiger partial charge in [0.25, 0.3) is 0 Å². The van der Waals surface area contributed by atoms with E-state index in [4.69, 9.17) is 0 Å². The van der Waals surface area contributed by atoms with Gasteiger partial charge in [-0.15, -0.1) is 0 Å². The number of hydrogen-bond donors (Lipinski definition) is 3. The Morgan fingerprint density at radius 2 is 1.87 bits per heavy atom. The molecule has 0 bridgehead atoms. The molecule has 2 N–H and O–H groups in total. The fraction of sp³-hybridized carbons (Fsp3) is 0.800. The molecule has 1 atom stereocenters. The van der Waals surface area contributed by atoms with Crippen molar-refractivity contribution in [2.45, 2.75) is 33.7 Å². The zero-order chi connectivity index (χ0) is 12.1. The second-order valence-electron chi connectivity index (χ2n) is 4.71. The molecule has 5 heteroatoms. The summed E-state index contributed by atoms with van der Waals surface area (Å²) in [6.45, 7) is 8.05. The summed E-state index contributed by atoms with van der Waals surface area (Å²) in [6, 6.07) is -0.548. The van der Waals surface area contributed by atoms with Crippen molar-refractivity contribution in [3.63, 3.8) is 0 Å². The first kappa shape index (κ1) is 14.3. The quantitative estimate of drug-likeness (QED) is 0.621. The van der Waals surface area contributed by atoms with Crippen LogP contribution in [0.2, 0.25) is 0 Å². The van der Waals surface area contributed by atoms with Gasteiger partial charge in [-0.05, 0) is 5.41 Å². The van der Waals surface area contributed by atoms with Crippen LogP contribution in [0.15, 0.2) is 0 Å². The molecule has 0 radical (unpaired) electrons. The predicted molar refractivity (Wildman–Crippen MR) is 63.9 cm³/mol. The third-order valence-electron chi connectivity index (χ3n) is 1.67. The van der Waals surface area contributed by atoms with Gasteiger partial charge < -0.3 is 10.6 Å². The normalized spacial score (nSPS) is 13.1. The van der Waals surface area contributed by atoms with Crippen molar-refractivity contribution in [3.8, 4) is 0 Å². The van der Waals surface area contributed by atoms with Crippen LogP contribution in [-0.4, -0.2) is 30.2 Å². The summed E-state index contributed by atoms with van der Waals surface area (Å²) in [5.41, 5.74) is 0.0348. The van der Waals surface area contributed by atoms with Gasteiger partial charge in [-0.3, -0.25) is 9.59 Å². The van der Waals surface area contributed by atoms with Gasteiger partial charge >= 0.3 is 0 Å². The van der Waals surface area contributed by atoms with E-state index in [9.17, 15) is 9.59 Å². The SMILES string of the molecule is CC(=O)NC(CS)C(=O)NCC(C)(C)C. The van der Waals surface area contributed by atoms with E-state index in [2.05, 4.69) is 23.3 Å². The van der Waals surface area contributed by atoms with E-state index in [1.807, 2.05) is 20.8 Å². The molecule has 0 aromatic carbocycles. The van der Waals surface area contributed by atoms with Crippen LogP contribution < -0.4 is 10.6 Å². The molecule has 15 heavy (non-hydrogen) atoms. The third kappa shape index (κ3) is 7.25. The minimum Gasteiger partial charge on any atom is -0.354 e. The number of hydrogen-bond acceptors (Lipinski definition) is 3. The molecule has 0 fully saturated rings. The third-order valence-corrected chi connectivity index (χ3v) is 2.03. The summed E-state index contributed by atoms with van der Waals surface area (Å²) in [5.74, 6) is -0.106. The van der Waals surface area contributed by atoms with Crippen LogP contribution in [0.3, 0.4) is 0 Å². The second-order valence-corrected chi connectivity index (χ2v) is 5.08. The van der Waals surface area contributed by atoms with Crippen LogP contribution in [0.1, 0.15) is 27.7 Å². The Morgan fingerprint density at radius 3 is 2.20 bits per heavy atom. The lowest BCUT2D eigenvalue weighted by Gasteiger charge is -2.21. The van der Waals surface area contributed by atoms with Crippen LogP contribution in [0.5, 0.6) is 0 Å². The molecular weight excluding hydrogens is 212 g/mol. The zero-order valence-electron chi connectivity index (χ0n) is 9.76. The Bertz CT molecular complexity index is 236. The van der Waals surface area contributed by atoms with Gasteiger partial charge in [-0.25, -0.2) is 0 Å². The van der Waals surface area contributed by atoms with Gasteiger partial charge in [0.2, 0.25) is 11.8 Å². The van der Waals surface area contributed by atoms with Crippen LogP contribution in [0.25, 0.3) is 0 Å². The number of nitrogens with one attached hydrogen (secondary N) is 2. The molecule has 0 aromatic rings. The molecule has 0 saturated carbocycles. The first-order valence-corrected chi connectivity index (χ1v) is 5.55. The molecule has 2 amide bonds. The Hall–Kier alpha value is -0.710. The molecule has 0 rings (SSSR count). The summed E-state index contributed by atoms with van der Waals surface area (Å²) in [5, 5.41) is 5.31. The molecular formula is C10H20N2O2S. The van der Waals surface area contributed by atoms with Gasteiger partial charge in [0.05, 0.1) is 0 Å². The highest BCUT2D eigenvalue weighted by atomic mass is 32.1. The van der Waals surface area contributed by atoms with Crippen molar-refractivity contribution in [1.82, 2.24) is 10.6 Å². The van der Waals surface area contributed by atoms with Crippen molar-refractivity contribution in [3.05, 3.63) is 0 Å². The maximum Gasteiger partial charge on any atom is 0.243 e. The van der Waals surface area contributed by atoms with Crippen LogP contribution in [0, 0.1) is 5.41 Å². The van der Waals surface area contributed by atoms with Crippen molar-refractivity contribution in [2.75, 3.05) is 12.3 Å². The first-order chi connectivity index (χ1) is 6.76. The lowest BCUT2D eigenvalue weighted by Crippen LogP contribution is -2.48. The first-order valence-electron chi connectivity index (χ1n) is 4.92. The Morgan fingerprint density at radius 1 is 1.33 bits per heavy atom. The summed E-state index contributed by atoms with van der Waals surface area (Å²) in [7, 11) is 0. The highest BCUT2D eigenvalue weighted by molar-refractivity contribution is 7.80. The molecule has 0 saturated heterocycles. The maximum atomic E-state index is 11.6. The number of amides is 2. The van der Waals surface area contributed by atoms with E-state index >= 15 is 0 Å². The van der Waals surface area contributed by atoms with Crippen LogP contribution in [-0.2, 0) is 9.59 Å². The number of carbonyl (C=O) groups is 2. The molecule has 0 aliphatic rings. The van der Waals surface area contributed by atoms with Crippen molar-refractivity contribution in [2.24, 2.45) is 5.41 Å². The van der Waals surface area contributed by atoms with E-state index in [1.165, 1.54) is 6.92 Å². The van der Waals surface area contributed by atoms with Gasteiger partial charge in [-0.2, -0.15) is 12.6 Å². The number of carbonyl (C=O) groups excluding carboxylic acids is 2. The minimum absolute atomic E-state index is 0.0348. The average molecular weight is 232 g/mol. The molecule has 88 valence electrons. The average Bonchev–Trinajstić information content (AvgIpc) is 2.08. The number of thiol groups is 1. The molecule has 0 spiro atoms. The molecule has 1 unspecified atom stereocenters. The predicted octanol–water partition coefficient (Wildman–Crippen LogP) is 0.583. The zero-order valence-corrected chi connectivity index (χ0v) is 10.6. The van der Waals surface area contributed by atoms with Gasteiger partial charge in [0.1, 0.15) is 6.04 Å². The second kappa shape index (κ2) is 6.00. The van der Waals surface area contributed by atoms with Crippen molar-refractivity contribution < 1.29 is 9.59 Å². The fourth-order valence-corrected chi connectivity index (χ4v) is 1.17. The highest BCUT2D eigenvalue weighted by Gasteiger charge is 2.19. The van der Waals surface area contributed by atoms with E-state index in [0.717, 1.165) is 0 Å². The summed E-state index contributed by atoms with van der Waals surface area (Å²) < 4.78 is 0. The fourth-order valence-electron chi connectivity index (χ4n) is 0.915. The summed E-state index contributed by atoms with van der Waals surface area (Å²) >= 11 is 4.02. The topological polar surface area (TPSA) is 58.2 Å². The monoisotopic (exact) mass is 232 g/mol. The molecule has 0 aromatic heterocycles. The van der Waals surface area contributed by atoms with E-state index in [0.29, 0.717) is 12.3 Å². The Labute approximate surface area is 96.6 Å². The molecule has 0 aliphatic carbocycles. The van der Waals surface area contributed by atoms with Gasteiger partial charge in [-0.1, -0.05) is 20.8 Å².